The van der Waals surface area contributed by atoms with E-state index in [0.717, 1.165) is 0 Å². The maximum absolute atomic E-state index is 12.9. The number of benzene rings is 1. The molecular formula is C16H19F4NO2. The maximum Gasteiger partial charge on any atom is 0.449 e. The molecule has 0 fully saturated rings. The first-order valence-corrected chi connectivity index (χ1v) is 7.40. The lowest BCUT2D eigenvalue weighted by molar-refractivity contribution is -0.171. The molecule has 0 aliphatic carbocycles. The van der Waals surface area contributed by atoms with Crippen molar-refractivity contribution in [3.05, 3.63) is 35.6 Å². The van der Waals surface area contributed by atoms with Crippen molar-refractivity contribution < 1.29 is 27.2 Å². The molecule has 1 N–H and O–H groups in total. The van der Waals surface area contributed by atoms with Crippen LogP contribution >= 0.6 is 0 Å². The summed E-state index contributed by atoms with van der Waals surface area (Å²) in [6.45, 7) is 0.233. The first kappa shape index (κ1) is 19.1. The van der Waals surface area contributed by atoms with Gasteiger partial charge >= 0.3 is 6.18 Å². The van der Waals surface area contributed by atoms with Gasteiger partial charge in [-0.25, -0.2) is 4.39 Å². The fraction of sp³-hybridized carbons (Fsp3) is 0.500. The van der Waals surface area contributed by atoms with Crippen LogP contribution in [0, 0.1) is 5.82 Å². The van der Waals surface area contributed by atoms with Crippen LogP contribution in [0.5, 0.6) is 0 Å². The molecule has 0 radical (unpaired) electrons. The minimum Gasteiger partial charge on any atom is -0.352 e. The summed E-state index contributed by atoms with van der Waals surface area (Å²) < 4.78 is 48.8. The number of amides is 1. The number of Topliss-reactive ketones (excluding diaryl/α,β-unsaturated/α-hetero) is 1. The molecule has 0 unspecified atom stereocenters. The third kappa shape index (κ3) is 8.32. The number of halogens is 4. The predicted molar refractivity (Wildman–Crippen MR) is 77.0 cm³/mol. The summed E-state index contributed by atoms with van der Waals surface area (Å²) in [5.74, 6) is -2.27. The van der Waals surface area contributed by atoms with Crippen molar-refractivity contribution in [2.24, 2.45) is 0 Å². The molecule has 7 heteroatoms. The maximum atomic E-state index is 12.9. The lowest BCUT2D eigenvalue weighted by Gasteiger charge is -2.06. The Labute approximate surface area is 132 Å². The molecule has 23 heavy (non-hydrogen) atoms. The summed E-state index contributed by atoms with van der Waals surface area (Å²) in [5, 5.41) is 2.65. The van der Waals surface area contributed by atoms with E-state index in [1.807, 2.05) is 0 Å². The number of alkyl halides is 3. The normalized spacial score (nSPS) is 11.3. The van der Waals surface area contributed by atoms with Gasteiger partial charge in [0, 0.05) is 19.4 Å². The van der Waals surface area contributed by atoms with Crippen molar-refractivity contribution in [3.8, 4) is 0 Å². The highest BCUT2D eigenvalue weighted by atomic mass is 19.4. The van der Waals surface area contributed by atoms with Crippen LogP contribution in [-0.2, 0) is 16.1 Å². The molecule has 128 valence electrons. The Morgan fingerprint density at radius 1 is 1.00 bits per heavy atom. The molecule has 0 spiro atoms. The number of carbonyl (C=O) groups is 2. The molecular weight excluding hydrogens is 314 g/mol. The van der Waals surface area contributed by atoms with Gasteiger partial charge in [0.2, 0.25) is 11.7 Å². The quantitative estimate of drug-likeness (QED) is 0.550. The fourth-order valence-electron chi connectivity index (χ4n) is 2.00. The Hall–Kier alpha value is -1.92. The summed E-state index contributed by atoms with van der Waals surface area (Å²) in [7, 11) is 0. The highest BCUT2D eigenvalue weighted by molar-refractivity contribution is 5.83. The second-order valence-electron chi connectivity index (χ2n) is 5.24. The van der Waals surface area contributed by atoms with Crippen molar-refractivity contribution >= 4 is 11.7 Å². The van der Waals surface area contributed by atoms with Crippen molar-refractivity contribution in [2.45, 2.75) is 51.2 Å². The summed E-state index contributed by atoms with van der Waals surface area (Å²) >= 11 is 0. The average molecular weight is 333 g/mol. The van der Waals surface area contributed by atoms with Gasteiger partial charge in [-0.05, 0) is 30.5 Å². The van der Waals surface area contributed by atoms with Crippen molar-refractivity contribution in [3.63, 3.8) is 0 Å². The number of nitrogens with one attached hydrogen (secondary N) is 1. The van der Waals surface area contributed by atoms with Gasteiger partial charge in [-0.1, -0.05) is 25.0 Å². The van der Waals surface area contributed by atoms with Gasteiger partial charge in [-0.2, -0.15) is 13.2 Å². The van der Waals surface area contributed by atoms with E-state index in [4.69, 9.17) is 0 Å². The van der Waals surface area contributed by atoms with Crippen LogP contribution in [0.1, 0.15) is 44.1 Å². The van der Waals surface area contributed by atoms with Gasteiger partial charge in [-0.15, -0.1) is 0 Å². The molecule has 3 nitrogen and oxygen atoms in total. The van der Waals surface area contributed by atoms with Gasteiger partial charge in [0.05, 0.1) is 0 Å². The zero-order chi connectivity index (χ0) is 17.3. The minimum absolute atomic E-state index is 0.170. The van der Waals surface area contributed by atoms with Crippen molar-refractivity contribution in [1.29, 1.82) is 0 Å². The van der Waals surface area contributed by atoms with Crippen molar-refractivity contribution in [2.75, 3.05) is 0 Å². The average Bonchev–Trinajstić information content (AvgIpc) is 2.47. The van der Waals surface area contributed by atoms with Crippen LogP contribution in [0.15, 0.2) is 24.3 Å². The molecule has 0 saturated heterocycles. The number of rotatable bonds is 9. The van der Waals surface area contributed by atoms with E-state index in [0.29, 0.717) is 24.8 Å². The third-order valence-corrected chi connectivity index (χ3v) is 3.25. The lowest BCUT2D eigenvalue weighted by atomic mass is 10.1. The van der Waals surface area contributed by atoms with Crippen LogP contribution in [0.4, 0.5) is 17.6 Å². The van der Waals surface area contributed by atoms with E-state index in [-0.39, 0.29) is 31.1 Å². The zero-order valence-corrected chi connectivity index (χ0v) is 12.6. The number of ketones is 1. The van der Waals surface area contributed by atoms with Gasteiger partial charge in [0.15, 0.2) is 0 Å². The van der Waals surface area contributed by atoms with E-state index < -0.39 is 18.4 Å². The Bertz CT molecular complexity index is 529. The van der Waals surface area contributed by atoms with E-state index in [1.54, 1.807) is 12.1 Å². The second kappa shape index (κ2) is 9.27. The minimum atomic E-state index is -4.75. The van der Waals surface area contributed by atoms with Gasteiger partial charge in [-0.3, -0.25) is 9.59 Å². The lowest BCUT2D eigenvalue weighted by Crippen LogP contribution is -2.22. The molecule has 0 aliphatic heterocycles. The highest BCUT2D eigenvalue weighted by Gasteiger charge is 2.36. The Balaban J connectivity index is 2.07. The van der Waals surface area contributed by atoms with Crippen LogP contribution in [0.3, 0.4) is 0 Å². The highest BCUT2D eigenvalue weighted by Crippen LogP contribution is 2.19. The third-order valence-electron chi connectivity index (χ3n) is 3.25. The molecule has 0 atom stereocenters. The first-order valence-electron chi connectivity index (χ1n) is 7.40. The van der Waals surface area contributed by atoms with Crippen LogP contribution < -0.4 is 5.32 Å². The smallest absolute Gasteiger partial charge is 0.352 e. The first-order chi connectivity index (χ1) is 10.8. The van der Waals surface area contributed by atoms with Gasteiger partial charge in [0.25, 0.3) is 0 Å². The van der Waals surface area contributed by atoms with Crippen molar-refractivity contribution in [1.82, 2.24) is 5.32 Å². The van der Waals surface area contributed by atoms with E-state index in [2.05, 4.69) is 5.32 Å². The van der Waals surface area contributed by atoms with Crippen LogP contribution in [0.2, 0.25) is 0 Å². The SMILES string of the molecule is O=C(CCCCCCC(=O)C(F)(F)F)NCc1cccc(F)c1. The van der Waals surface area contributed by atoms with E-state index in [1.165, 1.54) is 12.1 Å². The standard InChI is InChI=1S/C16H19F4NO2/c17-13-7-5-6-12(10-13)11-21-15(23)9-4-2-1-3-8-14(22)16(18,19)20/h5-7,10H,1-4,8-9,11H2,(H,21,23). The van der Waals surface area contributed by atoms with Crippen LogP contribution in [-0.4, -0.2) is 17.9 Å². The zero-order valence-electron chi connectivity index (χ0n) is 12.6. The molecule has 0 bridgehead atoms. The monoisotopic (exact) mass is 333 g/mol. The van der Waals surface area contributed by atoms with Crippen LogP contribution in [0.25, 0.3) is 0 Å². The molecule has 1 aromatic carbocycles. The molecule has 1 aromatic rings. The number of hydrogen-bond acceptors (Lipinski definition) is 2. The van der Waals surface area contributed by atoms with E-state index in [9.17, 15) is 27.2 Å². The Morgan fingerprint density at radius 3 is 2.26 bits per heavy atom. The summed E-state index contributed by atoms with van der Waals surface area (Å²) in [6, 6.07) is 5.90. The molecule has 0 aliphatic rings. The molecule has 1 amide bonds. The fourth-order valence-corrected chi connectivity index (χ4v) is 2.00. The second-order valence-corrected chi connectivity index (χ2v) is 5.24. The summed E-state index contributed by atoms with van der Waals surface area (Å²) in [5.41, 5.74) is 0.656. The van der Waals surface area contributed by atoms with Gasteiger partial charge in [0.1, 0.15) is 5.82 Å². The molecule has 0 aromatic heterocycles. The topological polar surface area (TPSA) is 46.2 Å². The molecule has 0 saturated carbocycles. The number of hydrogen-bond donors (Lipinski definition) is 1. The molecule has 1 rings (SSSR count). The van der Waals surface area contributed by atoms with E-state index >= 15 is 0 Å². The Kier molecular flexibility index (Phi) is 7.71. The number of carbonyl (C=O) groups excluding carboxylic acids is 2. The predicted octanol–water partition coefficient (Wildman–Crippen LogP) is 3.91. The summed E-state index contributed by atoms with van der Waals surface area (Å²) in [4.78, 5) is 22.2. The molecule has 0 heterocycles. The largest absolute Gasteiger partial charge is 0.449 e. The Morgan fingerprint density at radius 2 is 1.65 bits per heavy atom. The summed E-state index contributed by atoms with van der Waals surface area (Å²) in [6.07, 6.45) is -3.25. The van der Waals surface area contributed by atoms with Gasteiger partial charge < -0.3 is 5.32 Å². The number of unbranched alkanes of at least 4 members (excludes halogenated alkanes) is 3.